The molecule has 5 heteroatoms. The number of hydrogen-bond donors (Lipinski definition) is 0. The second-order valence-corrected chi connectivity index (χ2v) is 2.94. The summed E-state index contributed by atoms with van der Waals surface area (Å²) in [6, 6.07) is 8.46. The first kappa shape index (κ1) is 9.95. The van der Waals surface area contributed by atoms with Crippen LogP contribution in [0.4, 0.5) is 4.79 Å². The molecule has 0 aromatic heterocycles. The maximum atomic E-state index is 10.8. The number of rotatable bonds is 1. The highest BCUT2D eigenvalue weighted by Gasteiger charge is 2.06. The van der Waals surface area contributed by atoms with Gasteiger partial charge in [-0.25, -0.2) is 4.79 Å². The molecule has 0 N–H and O–H groups in total. The fourth-order valence-electron chi connectivity index (χ4n) is 0.671. The lowest BCUT2D eigenvalue weighted by Gasteiger charge is -2.01. The first-order chi connectivity index (χ1) is 6.18. The number of para-hydroxylation sites is 1. The molecule has 68 valence electrons. The molecule has 0 spiro atoms. The third kappa shape index (κ3) is 3.87. The quantitative estimate of drug-likeness (QED) is 0.313. The zero-order valence-electron chi connectivity index (χ0n) is 6.40. The van der Waals surface area contributed by atoms with Crippen LogP contribution in [0.1, 0.15) is 0 Å². The molecule has 1 rings (SSSR count). The first-order valence-corrected chi connectivity index (χ1v) is 4.11. The van der Waals surface area contributed by atoms with Gasteiger partial charge in [0.1, 0.15) is 5.75 Å². The van der Waals surface area contributed by atoms with Crippen molar-refractivity contribution in [2.45, 2.75) is 0 Å². The predicted octanol–water partition coefficient (Wildman–Crippen LogP) is 2.73. The lowest BCUT2D eigenvalue weighted by atomic mass is 10.3. The Labute approximate surface area is 85.2 Å². The van der Waals surface area contributed by atoms with Crippen LogP contribution in [0.2, 0.25) is 0 Å². The van der Waals surface area contributed by atoms with Crippen molar-refractivity contribution < 1.29 is 14.3 Å². The van der Waals surface area contributed by atoms with Gasteiger partial charge >= 0.3 is 6.16 Å². The van der Waals surface area contributed by atoms with E-state index in [-0.39, 0.29) is 4.51 Å². The van der Waals surface area contributed by atoms with Crippen LogP contribution in [0.5, 0.6) is 5.75 Å². The topological polar surface area (TPSA) is 35.5 Å². The van der Waals surface area contributed by atoms with E-state index in [0.717, 1.165) is 0 Å². The summed E-state index contributed by atoms with van der Waals surface area (Å²) in [6.07, 6.45) is -0.939. The molecule has 0 fully saturated rings. The standard InChI is InChI=1S/C8H5ClO3S/c9-7(13)12-8(10)11-6-4-2-1-3-5-6/h1-5H. The highest BCUT2D eigenvalue weighted by molar-refractivity contribution is 7.82. The third-order valence-electron chi connectivity index (χ3n) is 1.11. The van der Waals surface area contributed by atoms with Crippen molar-refractivity contribution in [2.75, 3.05) is 0 Å². The SMILES string of the molecule is O=C(OC(=S)Cl)Oc1ccccc1. The van der Waals surface area contributed by atoms with Crippen LogP contribution in [0.3, 0.4) is 0 Å². The molecule has 0 heterocycles. The van der Waals surface area contributed by atoms with Crippen LogP contribution in [-0.2, 0) is 4.74 Å². The van der Waals surface area contributed by atoms with Gasteiger partial charge in [-0.15, -0.1) is 0 Å². The minimum absolute atomic E-state index is 0.375. The van der Waals surface area contributed by atoms with E-state index in [9.17, 15) is 4.79 Å². The Hall–Kier alpha value is -1.13. The summed E-state index contributed by atoms with van der Waals surface area (Å²) in [6.45, 7) is 0. The van der Waals surface area contributed by atoms with Crippen LogP contribution in [0, 0.1) is 0 Å². The average molecular weight is 217 g/mol. The van der Waals surface area contributed by atoms with Gasteiger partial charge in [0, 0.05) is 0 Å². The fourth-order valence-corrected chi connectivity index (χ4v) is 0.802. The van der Waals surface area contributed by atoms with Crippen LogP contribution in [-0.4, -0.2) is 10.7 Å². The molecule has 0 bridgehead atoms. The Morgan fingerprint density at radius 1 is 1.31 bits per heavy atom. The van der Waals surface area contributed by atoms with Gasteiger partial charge in [0.25, 0.3) is 4.51 Å². The molecule has 0 aliphatic heterocycles. The smallest absolute Gasteiger partial charge is 0.395 e. The Bertz CT molecular complexity index is 312. The van der Waals surface area contributed by atoms with Crippen LogP contribution in [0.25, 0.3) is 0 Å². The van der Waals surface area contributed by atoms with Gasteiger partial charge in [-0.05, 0) is 36.0 Å². The number of carbonyl (C=O) groups excluding carboxylic acids is 1. The van der Waals surface area contributed by atoms with E-state index in [1.54, 1.807) is 30.3 Å². The number of thiocarbonyl (C=S) groups is 1. The van der Waals surface area contributed by atoms with Crippen molar-refractivity contribution >= 4 is 34.5 Å². The fraction of sp³-hybridized carbons (Fsp3) is 0. The zero-order valence-corrected chi connectivity index (χ0v) is 7.97. The monoisotopic (exact) mass is 216 g/mol. The Morgan fingerprint density at radius 3 is 2.46 bits per heavy atom. The maximum absolute atomic E-state index is 10.8. The van der Waals surface area contributed by atoms with Gasteiger partial charge in [0.15, 0.2) is 0 Å². The molecule has 0 amide bonds. The van der Waals surface area contributed by atoms with Gasteiger partial charge in [-0.3, -0.25) is 0 Å². The molecular weight excluding hydrogens is 212 g/mol. The van der Waals surface area contributed by atoms with Gasteiger partial charge in [-0.1, -0.05) is 18.2 Å². The number of halogens is 1. The highest BCUT2D eigenvalue weighted by atomic mass is 35.5. The van der Waals surface area contributed by atoms with E-state index in [1.807, 2.05) is 0 Å². The molecule has 0 saturated heterocycles. The number of carbonyl (C=O) groups is 1. The summed E-state index contributed by atoms with van der Waals surface area (Å²) in [5.41, 5.74) is 0. The molecule has 0 radical (unpaired) electrons. The first-order valence-electron chi connectivity index (χ1n) is 3.32. The predicted molar refractivity (Wildman–Crippen MR) is 52.0 cm³/mol. The summed E-state index contributed by atoms with van der Waals surface area (Å²) in [5, 5.41) is 0. The van der Waals surface area contributed by atoms with E-state index < -0.39 is 6.16 Å². The van der Waals surface area contributed by atoms with E-state index >= 15 is 0 Å². The third-order valence-corrected chi connectivity index (χ3v) is 1.27. The Kier molecular flexibility index (Phi) is 3.67. The normalized spacial score (nSPS) is 9.00. The Balaban J connectivity index is 2.50. The molecule has 3 nitrogen and oxygen atoms in total. The molecular formula is C8H5ClO3S. The molecule has 0 saturated carbocycles. The Morgan fingerprint density at radius 2 is 1.92 bits per heavy atom. The van der Waals surface area contributed by atoms with Crippen molar-refractivity contribution in [3.05, 3.63) is 30.3 Å². The van der Waals surface area contributed by atoms with Gasteiger partial charge in [0.05, 0.1) is 0 Å². The molecule has 1 aromatic rings. The molecule has 1 aromatic carbocycles. The second-order valence-electron chi connectivity index (χ2n) is 2.00. The lowest BCUT2D eigenvalue weighted by molar-refractivity contribution is 0.151. The van der Waals surface area contributed by atoms with Crippen molar-refractivity contribution in [3.8, 4) is 5.75 Å². The second kappa shape index (κ2) is 4.79. The largest absolute Gasteiger partial charge is 0.520 e. The average Bonchev–Trinajstić information content (AvgIpc) is 2.04. The number of hydrogen-bond acceptors (Lipinski definition) is 4. The van der Waals surface area contributed by atoms with Gasteiger partial charge < -0.3 is 9.47 Å². The number of ether oxygens (including phenoxy) is 2. The summed E-state index contributed by atoms with van der Waals surface area (Å²) < 4.78 is 8.59. The summed E-state index contributed by atoms with van der Waals surface area (Å²) in [4.78, 5) is 10.8. The van der Waals surface area contributed by atoms with Crippen molar-refractivity contribution in [3.63, 3.8) is 0 Å². The van der Waals surface area contributed by atoms with E-state index in [0.29, 0.717) is 5.75 Å². The summed E-state index contributed by atoms with van der Waals surface area (Å²) >= 11 is 9.48. The lowest BCUT2D eigenvalue weighted by Crippen LogP contribution is -2.11. The van der Waals surface area contributed by atoms with Crippen molar-refractivity contribution in [2.24, 2.45) is 0 Å². The minimum atomic E-state index is -0.939. The number of benzene rings is 1. The minimum Gasteiger partial charge on any atom is -0.395 e. The van der Waals surface area contributed by atoms with Crippen LogP contribution < -0.4 is 4.74 Å². The van der Waals surface area contributed by atoms with Crippen LogP contribution >= 0.6 is 23.8 Å². The highest BCUT2D eigenvalue weighted by Crippen LogP contribution is 2.09. The molecule has 0 aliphatic carbocycles. The van der Waals surface area contributed by atoms with Crippen LogP contribution in [0.15, 0.2) is 30.3 Å². The molecule has 0 unspecified atom stereocenters. The molecule has 0 atom stereocenters. The van der Waals surface area contributed by atoms with Gasteiger partial charge in [0.2, 0.25) is 0 Å². The van der Waals surface area contributed by atoms with E-state index in [1.165, 1.54) is 0 Å². The van der Waals surface area contributed by atoms with Crippen molar-refractivity contribution in [1.82, 2.24) is 0 Å². The molecule has 0 aliphatic rings. The maximum Gasteiger partial charge on any atom is 0.520 e. The summed E-state index contributed by atoms with van der Waals surface area (Å²) in [5.74, 6) is 0.375. The molecule has 13 heavy (non-hydrogen) atoms. The summed E-state index contributed by atoms with van der Waals surface area (Å²) in [7, 11) is 0. The van der Waals surface area contributed by atoms with E-state index in [4.69, 9.17) is 16.3 Å². The van der Waals surface area contributed by atoms with Crippen molar-refractivity contribution in [1.29, 1.82) is 0 Å². The van der Waals surface area contributed by atoms with Gasteiger partial charge in [-0.2, -0.15) is 0 Å². The van der Waals surface area contributed by atoms with E-state index in [2.05, 4.69) is 17.0 Å². The zero-order chi connectivity index (χ0) is 9.68.